The average Bonchev–Trinajstić information content (AvgIpc) is 3.32. The van der Waals surface area contributed by atoms with Crippen molar-refractivity contribution in [2.75, 3.05) is 0 Å². The summed E-state index contributed by atoms with van der Waals surface area (Å²) in [6, 6.07) is 6.70. The Balaban J connectivity index is 2.00. The van der Waals surface area contributed by atoms with Gasteiger partial charge >= 0.3 is 0 Å². The van der Waals surface area contributed by atoms with Crippen LogP contribution in [-0.4, -0.2) is 20.8 Å². The SMILES string of the molecule is Cn1c(-c2ccc(Br)cc2F)nc2c(C3CC3)cc(C=O)nc21. The van der Waals surface area contributed by atoms with Crippen LogP contribution in [0.25, 0.3) is 22.6 Å². The number of rotatable bonds is 3. The van der Waals surface area contributed by atoms with Crippen LogP contribution in [0, 0.1) is 5.82 Å². The number of nitrogens with zero attached hydrogens (tertiary/aromatic N) is 3. The van der Waals surface area contributed by atoms with Gasteiger partial charge in [0.05, 0.1) is 5.56 Å². The van der Waals surface area contributed by atoms with Crippen LogP contribution in [0.4, 0.5) is 4.39 Å². The zero-order chi connectivity index (χ0) is 16.1. The molecule has 23 heavy (non-hydrogen) atoms. The van der Waals surface area contributed by atoms with E-state index in [1.54, 1.807) is 23.7 Å². The van der Waals surface area contributed by atoms with E-state index in [-0.39, 0.29) is 5.82 Å². The third-order valence-corrected chi connectivity index (χ3v) is 4.68. The molecule has 0 amide bonds. The number of imidazole rings is 1. The van der Waals surface area contributed by atoms with Crippen molar-refractivity contribution < 1.29 is 9.18 Å². The molecule has 0 spiro atoms. The quantitative estimate of drug-likeness (QED) is 0.645. The van der Waals surface area contributed by atoms with Gasteiger partial charge in [-0.3, -0.25) is 4.79 Å². The van der Waals surface area contributed by atoms with Crippen molar-refractivity contribution >= 4 is 33.4 Å². The molecule has 0 saturated heterocycles. The van der Waals surface area contributed by atoms with Gasteiger partial charge in [-0.25, -0.2) is 14.4 Å². The molecule has 1 aliphatic rings. The Bertz CT molecular complexity index is 947. The molecule has 1 aromatic carbocycles. The summed E-state index contributed by atoms with van der Waals surface area (Å²) in [4.78, 5) is 20.2. The zero-order valence-electron chi connectivity index (χ0n) is 12.4. The summed E-state index contributed by atoms with van der Waals surface area (Å²) < 4.78 is 16.7. The summed E-state index contributed by atoms with van der Waals surface area (Å²) in [5.41, 5.74) is 3.23. The smallest absolute Gasteiger partial charge is 0.168 e. The van der Waals surface area contributed by atoms with E-state index >= 15 is 0 Å². The summed E-state index contributed by atoms with van der Waals surface area (Å²) >= 11 is 3.26. The van der Waals surface area contributed by atoms with Gasteiger partial charge in [-0.1, -0.05) is 15.9 Å². The van der Waals surface area contributed by atoms with Crippen molar-refractivity contribution in [1.29, 1.82) is 0 Å². The average molecular weight is 374 g/mol. The minimum Gasteiger partial charge on any atom is -0.312 e. The van der Waals surface area contributed by atoms with Gasteiger partial charge in [-0.05, 0) is 48.6 Å². The predicted octanol–water partition coefficient (Wildman–Crippen LogP) is 4.23. The molecule has 0 atom stereocenters. The number of pyridine rings is 1. The number of hydrogen-bond acceptors (Lipinski definition) is 3. The largest absolute Gasteiger partial charge is 0.312 e. The van der Waals surface area contributed by atoms with Crippen LogP contribution in [0.2, 0.25) is 0 Å². The molecule has 0 bridgehead atoms. The molecule has 4 rings (SSSR count). The Morgan fingerprint density at radius 2 is 2.09 bits per heavy atom. The first-order chi connectivity index (χ1) is 11.1. The lowest BCUT2D eigenvalue weighted by atomic mass is 10.1. The summed E-state index contributed by atoms with van der Waals surface area (Å²) in [5, 5.41) is 0. The predicted molar refractivity (Wildman–Crippen MR) is 89.0 cm³/mol. The molecule has 3 aromatic rings. The lowest BCUT2D eigenvalue weighted by Crippen LogP contribution is -1.98. The van der Waals surface area contributed by atoms with Gasteiger partial charge in [0.1, 0.15) is 22.9 Å². The van der Waals surface area contributed by atoms with Crippen molar-refractivity contribution in [3.8, 4) is 11.4 Å². The molecule has 2 aromatic heterocycles. The summed E-state index contributed by atoms with van der Waals surface area (Å²) in [5.74, 6) is 0.598. The van der Waals surface area contributed by atoms with Crippen LogP contribution < -0.4 is 0 Å². The minimum absolute atomic E-state index is 0.346. The monoisotopic (exact) mass is 373 g/mol. The fraction of sp³-hybridized carbons (Fsp3) is 0.235. The van der Waals surface area contributed by atoms with Crippen molar-refractivity contribution in [2.45, 2.75) is 18.8 Å². The van der Waals surface area contributed by atoms with E-state index in [4.69, 9.17) is 0 Å². The van der Waals surface area contributed by atoms with Crippen LogP contribution in [0.1, 0.15) is 34.8 Å². The summed E-state index contributed by atoms with van der Waals surface area (Å²) in [6.45, 7) is 0. The standard InChI is InChI=1S/C17H13BrFN3O/c1-22-16(12-5-4-10(18)6-14(12)19)21-15-13(9-2-3-9)7-11(8-23)20-17(15)22/h4-9H,2-3H2,1H3. The molecular weight excluding hydrogens is 361 g/mol. The van der Waals surface area contributed by atoms with Crippen LogP contribution in [0.5, 0.6) is 0 Å². The van der Waals surface area contributed by atoms with Gasteiger partial charge in [-0.15, -0.1) is 0 Å². The van der Waals surface area contributed by atoms with Crippen molar-refractivity contribution in [2.24, 2.45) is 7.05 Å². The highest BCUT2D eigenvalue weighted by Crippen LogP contribution is 2.43. The van der Waals surface area contributed by atoms with E-state index < -0.39 is 0 Å². The Hall–Kier alpha value is -2.08. The van der Waals surface area contributed by atoms with E-state index in [1.165, 1.54) is 6.07 Å². The summed E-state index contributed by atoms with van der Waals surface area (Å²) in [6.07, 6.45) is 2.93. The number of hydrogen-bond donors (Lipinski definition) is 0. The lowest BCUT2D eigenvalue weighted by molar-refractivity contribution is 0.111. The van der Waals surface area contributed by atoms with Crippen molar-refractivity contribution in [1.82, 2.24) is 14.5 Å². The van der Waals surface area contributed by atoms with Crippen LogP contribution in [0.15, 0.2) is 28.7 Å². The van der Waals surface area contributed by atoms with Gasteiger partial charge in [0, 0.05) is 11.5 Å². The number of carbonyl (C=O) groups is 1. The second kappa shape index (κ2) is 5.23. The van der Waals surface area contributed by atoms with E-state index in [1.807, 2.05) is 6.07 Å². The maximum atomic E-state index is 14.3. The molecular formula is C17H13BrFN3O. The second-order valence-corrected chi connectivity index (χ2v) is 6.73. The van der Waals surface area contributed by atoms with Gasteiger partial charge in [0.2, 0.25) is 0 Å². The lowest BCUT2D eigenvalue weighted by Gasteiger charge is -2.04. The second-order valence-electron chi connectivity index (χ2n) is 5.82. The first kappa shape index (κ1) is 14.5. The van der Waals surface area contributed by atoms with Gasteiger partial charge in [0.25, 0.3) is 0 Å². The normalized spacial score (nSPS) is 14.4. The van der Waals surface area contributed by atoms with E-state index in [2.05, 4.69) is 25.9 Å². The topological polar surface area (TPSA) is 47.8 Å². The highest BCUT2D eigenvalue weighted by molar-refractivity contribution is 9.10. The van der Waals surface area contributed by atoms with Crippen LogP contribution in [0.3, 0.4) is 0 Å². The Kier molecular flexibility index (Phi) is 3.30. The third kappa shape index (κ3) is 2.37. The van der Waals surface area contributed by atoms with Gasteiger partial charge in [0.15, 0.2) is 11.9 Å². The Labute approximate surface area is 140 Å². The molecule has 1 saturated carbocycles. The third-order valence-electron chi connectivity index (χ3n) is 4.19. The number of benzene rings is 1. The number of aryl methyl sites for hydroxylation is 1. The van der Waals surface area contributed by atoms with E-state index in [9.17, 15) is 9.18 Å². The molecule has 0 unspecified atom stereocenters. The molecule has 116 valence electrons. The maximum Gasteiger partial charge on any atom is 0.168 e. The number of halogens is 2. The fourth-order valence-electron chi connectivity index (χ4n) is 2.87. The first-order valence-electron chi connectivity index (χ1n) is 7.36. The molecule has 2 heterocycles. The van der Waals surface area contributed by atoms with Crippen molar-refractivity contribution in [3.63, 3.8) is 0 Å². The molecule has 1 fully saturated rings. The Morgan fingerprint density at radius 1 is 1.30 bits per heavy atom. The number of fused-ring (bicyclic) bond motifs is 1. The van der Waals surface area contributed by atoms with Crippen LogP contribution >= 0.6 is 15.9 Å². The van der Waals surface area contributed by atoms with Crippen molar-refractivity contribution in [3.05, 3.63) is 45.8 Å². The molecule has 1 aliphatic carbocycles. The first-order valence-corrected chi connectivity index (χ1v) is 8.15. The van der Waals surface area contributed by atoms with Gasteiger partial charge < -0.3 is 4.57 Å². The van der Waals surface area contributed by atoms with E-state index in [0.717, 1.165) is 30.2 Å². The highest BCUT2D eigenvalue weighted by atomic mass is 79.9. The highest BCUT2D eigenvalue weighted by Gasteiger charge is 2.29. The zero-order valence-corrected chi connectivity index (χ0v) is 14.0. The summed E-state index contributed by atoms with van der Waals surface area (Å²) in [7, 11) is 1.80. The molecule has 6 heteroatoms. The fourth-order valence-corrected chi connectivity index (χ4v) is 3.20. The van der Waals surface area contributed by atoms with Crippen LogP contribution in [-0.2, 0) is 7.05 Å². The van der Waals surface area contributed by atoms with Gasteiger partial charge in [-0.2, -0.15) is 0 Å². The molecule has 0 N–H and O–H groups in total. The molecule has 4 nitrogen and oxygen atoms in total. The number of aldehydes is 1. The Morgan fingerprint density at radius 3 is 2.74 bits per heavy atom. The minimum atomic E-state index is -0.346. The molecule has 0 radical (unpaired) electrons. The van der Waals surface area contributed by atoms with E-state index in [0.29, 0.717) is 33.1 Å². The maximum absolute atomic E-state index is 14.3. The molecule has 0 aliphatic heterocycles. The number of aromatic nitrogens is 3. The number of carbonyl (C=O) groups excluding carboxylic acids is 1.